The molecule has 0 saturated carbocycles. The fraction of sp³-hybridized carbons (Fsp3) is 0. The summed E-state index contributed by atoms with van der Waals surface area (Å²) in [6.07, 6.45) is 3.08. The van der Waals surface area contributed by atoms with Crippen molar-refractivity contribution in [1.29, 1.82) is 5.26 Å². The average molecular weight is 352 g/mol. The standard InChI is InChI=1S/C17H12N4O3S/c18-12-13-4-1-7-16(10-13)25(22,23)21-14-5-2-6-15(11-14)24-17-19-8-3-9-20-17/h1-11,21H. The summed E-state index contributed by atoms with van der Waals surface area (Å²) >= 11 is 0. The van der Waals surface area contributed by atoms with Gasteiger partial charge in [0, 0.05) is 18.5 Å². The number of nitrogens with zero attached hydrogens (tertiary/aromatic N) is 3. The van der Waals surface area contributed by atoms with Crippen molar-refractivity contribution < 1.29 is 13.2 Å². The van der Waals surface area contributed by atoms with Gasteiger partial charge in [-0.15, -0.1) is 0 Å². The second kappa shape index (κ2) is 6.98. The Kier molecular flexibility index (Phi) is 4.59. The van der Waals surface area contributed by atoms with Crippen LogP contribution in [0.4, 0.5) is 5.69 Å². The fourth-order valence-electron chi connectivity index (χ4n) is 2.01. The first kappa shape index (κ1) is 16.4. The van der Waals surface area contributed by atoms with Crippen LogP contribution in [0.5, 0.6) is 11.8 Å². The Morgan fingerprint density at radius 3 is 2.52 bits per heavy atom. The van der Waals surface area contributed by atoms with Gasteiger partial charge in [0.2, 0.25) is 0 Å². The van der Waals surface area contributed by atoms with Gasteiger partial charge in [0.05, 0.1) is 22.2 Å². The van der Waals surface area contributed by atoms with Crippen molar-refractivity contribution in [2.24, 2.45) is 0 Å². The summed E-state index contributed by atoms with van der Waals surface area (Å²) in [4.78, 5) is 7.89. The Bertz CT molecular complexity index is 1030. The summed E-state index contributed by atoms with van der Waals surface area (Å²) in [5, 5.41) is 8.90. The van der Waals surface area contributed by atoms with E-state index in [1.54, 1.807) is 24.3 Å². The molecular formula is C17H12N4O3S. The molecule has 0 aliphatic carbocycles. The molecule has 0 bridgehead atoms. The van der Waals surface area contributed by atoms with E-state index < -0.39 is 10.0 Å². The number of aromatic nitrogens is 2. The molecule has 0 amide bonds. The first-order valence-electron chi connectivity index (χ1n) is 7.15. The molecule has 0 aliphatic rings. The maximum absolute atomic E-state index is 12.5. The number of nitriles is 1. The smallest absolute Gasteiger partial charge is 0.321 e. The molecule has 0 atom stereocenters. The zero-order valence-electron chi connectivity index (χ0n) is 12.8. The Hall–Kier alpha value is -3.44. The van der Waals surface area contributed by atoms with Crippen LogP contribution in [0.1, 0.15) is 5.56 Å². The minimum Gasteiger partial charge on any atom is -0.424 e. The Morgan fingerprint density at radius 2 is 1.76 bits per heavy atom. The van der Waals surface area contributed by atoms with Crippen LogP contribution >= 0.6 is 0 Å². The second-order valence-corrected chi connectivity index (χ2v) is 6.59. The third-order valence-electron chi connectivity index (χ3n) is 3.11. The molecule has 8 heteroatoms. The molecule has 124 valence electrons. The highest BCUT2D eigenvalue weighted by Gasteiger charge is 2.15. The van der Waals surface area contributed by atoms with Crippen LogP contribution in [0.2, 0.25) is 0 Å². The average Bonchev–Trinajstić information content (AvgIpc) is 2.62. The van der Waals surface area contributed by atoms with Gasteiger partial charge in [0.25, 0.3) is 10.0 Å². The minimum atomic E-state index is -3.82. The zero-order valence-corrected chi connectivity index (χ0v) is 13.6. The molecular weight excluding hydrogens is 340 g/mol. The molecule has 3 rings (SSSR count). The summed E-state index contributed by atoms with van der Waals surface area (Å²) in [5.41, 5.74) is 0.581. The van der Waals surface area contributed by atoms with Crippen LogP contribution in [-0.4, -0.2) is 18.4 Å². The molecule has 3 aromatic rings. The van der Waals surface area contributed by atoms with Crippen molar-refractivity contribution in [2.75, 3.05) is 4.72 Å². The Morgan fingerprint density at radius 1 is 1.00 bits per heavy atom. The molecule has 1 N–H and O–H groups in total. The SMILES string of the molecule is N#Cc1cccc(S(=O)(=O)Nc2cccc(Oc3ncccn3)c2)c1. The van der Waals surface area contributed by atoms with E-state index in [1.807, 2.05) is 6.07 Å². The van der Waals surface area contributed by atoms with Crippen molar-refractivity contribution in [3.8, 4) is 17.8 Å². The molecule has 0 saturated heterocycles. The van der Waals surface area contributed by atoms with Crippen molar-refractivity contribution in [3.05, 3.63) is 72.6 Å². The minimum absolute atomic E-state index is 0.00395. The highest BCUT2D eigenvalue weighted by molar-refractivity contribution is 7.92. The van der Waals surface area contributed by atoms with E-state index in [0.717, 1.165) is 0 Å². The van der Waals surface area contributed by atoms with Gasteiger partial charge in [-0.3, -0.25) is 4.72 Å². The van der Waals surface area contributed by atoms with Gasteiger partial charge >= 0.3 is 6.01 Å². The number of rotatable bonds is 5. The van der Waals surface area contributed by atoms with E-state index in [-0.39, 0.29) is 16.5 Å². The number of hydrogen-bond acceptors (Lipinski definition) is 6. The van der Waals surface area contributed by atoms with Gasteiger partial charge in [-0.25, -0.2) is 18.4 Å². The second-order valence-electron chi connectivity index (χ2n) is 4.91. The fourth-order valence-corrected chi connectivity index (χ4v) is 3.11. The van der Waals surface area contributed by atoms with Crippen molar-refractivity contribution >= 4 is 15.7 Å². The summed E-state index contributed by atoms with van der Waals surface area (Å²) < 4.78 is 32.8. The molecule has 25 heavy (non-hydrogen) atoms. The summed E-state index contributed by atoms with van der Waals surface area (Å²) in [7, 11) is -3.82. The predicted octanol–water partition coefficient (Wildman–Crippen LogP) is 2.94. The molecule has 0 aliphatic heterocycles. The molecule has 1 heterocycles. The molecule has 0 radical (unpaired) electrons. The molecule has 0 unspecified atom stereocenters. The molecule has 0 spiro atoms. The van der Waals surface area contributed by atoms with Crippen LogP contribution in [0.3, 0.4) is 0 Å². The van der Waals surface area contributed by atoms with Crippen molar-refractivity contribution in [1.82, 2.24) is 9.97 Å². The van der Waals surface area contributed by atoms with Crippen LogP contribution in [0.15, 0.2) is 71.9 Å². The van der Waals surface area contributed by atoms with E-state index in [1.165, 1.54) is 42.7 Å². The number of ether oxygens (including phenoxy) is 1. The number of sulfonamides is 1. The highest BCUT2D eigenvalue weighted by atomic mass is 32.2. The maximum Gasteiger partial charge on any atom is 0.321 e. The van der Waals surface area contributed by atoms with E-state index in [9.17, 15) is 8.42 Å². The quantitative estimate of drug-likeness (QED) is 0.757. The van der Waals surface area contributed by atoms with E-state index >= 15 is 0 Å². The van der Waals surface area contributed by atoms with Crippen molar-refractivity contribution in [3.63, 3.8) is 0 Å². The summed E-state index contributed by atoms with van der Waals surface area (Å²) in [6, 6.07) is 15.9. The monoisotopic (exact) mass is 352 g/mol. The third kappa shape index (κ3) is 4.10. The summed E-state index contributed by atoms with van der Waals surface area (Å²) in [6.45, 7) is 0. The van der Waals surface area contributed by atoms with E-state index in [4.69, 9.17) is 10.00 Å². The lowest BCUT2D eigenvalue weighted by Crippen LogP contribution is -2.13. The van der Waals surface area contributed by atoms with Gasteiger partial charge in [0.15, 0.2) is 0 Å². The van der Waals surface area contributed by atoms with Gasteiger partial charge in [-0.2, -0.15) is 5.26 Å². The molecule has 7 nitrogen and oxygen atoms in total. The number of hydrogen-bond donors (Lipinski definition) is 1. The van der Waals surface area contributed by atoms with Gasteiger partial charge in [-0.05, 0) is 36.4 Å². The topological polar surface area (TPSA) is 105 Å². The van der Waals surface area contributed by atoms with Crippen LogP contribution in [-0.2, 0) is 10.0 Å². The lowest BCUT2D eigenvalue weighted by molar-refractivity contribution is 0.442. The van der Waals surface area contributed by atoms with E-state index in [2.05, 4.69) is 14.7 Å². The number of anilines is 1. The van der Waals surface area contributed by atoms with Crippen molar-refractivity contribution in [2.45, 2.75) is 4.90 Å². The first-order valence-corrected chi connectivity index (χ1v) is 8.63. The lowest BCUT2D eigenvalue weighted by atomic mass is 10.2. The van der Waals surface area contributed by atoms with E-state index in [0.29, 0.717) is 11.4 Å². The van der Waals surface area contributed by atoms with Gasteiger partial charge in [-0.1, -0.05) is 12.1 Å². The number of benzene rings is 2. The normalized spacial score (nSPS) is 10.7. The first-order chi connectivity index (χ1) is 12.1. The van der Waals surface area contributed by atoms with Gasteiger partial charge < -0.3 is 4.74 Å². The Labute approximate surface area is 144 Å². The zero-order chi connectivity index (χ0) is 17.7. The molecule has 0 fully saturated rings. The van der Waals surface area contributed by atoms with Crippen LogP contribution < -0.4 is 9.46 Å². The highest BCUT2D eigenvalue weighted by Crippen LogP contribution is 2.23. The van der Waals surface area contributed by atoms with Gasteiger partial charge in [0.1, 0.15) is 5.75 Å². The molecule has 2 aromatic carbocycles. The van der Waals surface area contributed by atoms with Crippen LogP contribution in [0.25, 0.3) is 0 Å². The maximum atomic E-state index is 12.5. The molecule has 1 aromatic heterocycles. The predicted molar refractivity (Wildman–Crippen MR) is 90.5 cm³/mol. The largest absolute Gasteiger partial charge is 0.424 e. The number of nitrogens with one attached hydrogen (secondary N) is 1. The summed E-state index contributed by atoms with van der Waals surface area (Å²) in [5.74, 6) is 0.386. The lowest BCUT2D eigenvalue weighted by Gasteiger charge is -2.10. The third-order valence-corrected chi connectivity index (χ3v) is 4.49. The Balaban J connectivity index is 1.83. The van der Waals surface area contributed by atoms with Crippen LogP contribution in [0, 0.1) is 11.3 Å².